The van der Waals surface area contributed by atoms with Gasteiger partial charge in [0.15, 0.2) is 6.29 Å². The van der Waals surface area contributed by atoms with Gasteiger partial charge < -0.3 is 0 Å². The van der Waals surface area contributed by atoms with Crippen molar-refractivity contribution in [1.82, 2.24) is 0 Å². The zero-order valence-corrected chi connectivity index (χ0v) is 8.37. The summed E-state index contributed by atoms with van der Waals surface area (Å²) in [7, 11) is 0. The molecule has 0 amide bonds. The third-order valence-corrected chi connectivity index (χ3v) is 2.54. The second kappa shape index (κ2) is 3.26. The topological polar surface area (TPSA) is 17.1 Å². The van der Waals surface area contributed by atoms with E-state index in [4.69, 9.17) is 0 Å². The van der Waals surface area contributed by atoms with Crippen molar-refractivity contribution < 1.29 is 4.79 Å². The Morgan fingerprint density at radius 2 is 1.71 bits per heavy atom. The summed E-state index contributed by atoms with van der Waals surface area (Å²) in [5.74, 6) is 0. The van der Waals surface area contributed by atoms with E-state index in [9.17, 15) is 4.79 Å². The van der Waals surface area contributed by atoms with Gasteiger partial charge in [-0.05, 0) is 30.5 Å². The number of hydrogen-bond acceptors (Lipinski definition) is 1. The maximum atomic E-state index is 10.8. The predicted octanol–water partition coefficient (Wildman–Crippen LogP) is 3.22. The second-order valence-electron chi connectivity index (χ2n) is 3.64. The molecule has 2 aliphatic carbocycles. The standard InChI is InChI=1S/C13H12O/c1-9-3-5-13-11(8-14)4-6-12(13)10(2)7-9/h3-8H,1-2H3. The van der Waals surface area contributed by atoms with Gasteiger partial charge in [0.05, 0.1) is 0 Å². The molecule has 14 heavy (non-hydrogen) atoms. The normalized spacial score (nSPS) is 10.4. The van der Waals surface area contributed by atoms with Crippen LogP contribution in [-0.4, -0.2) is 6.29 Å². The van der Waals surface area contributed by atoms with Gasteiger partial charge in [-0.2, -0.15) is 0 Å². The highest BCUT2D eigenvalue weighted by Crippen LogP contribution is 2.29. The van der Waals surface area contributed by atoms with E-state index in [0.717, 1.165) is 17.4 Å². The van der Waals surface area contributed by atoms with E-state index in [1.54, 1.807) is 0 Å². The summed E-state index contributed by atoms with van der Waals surface area (Å²) in [5, 5.41) is 0. The van der Waals surface area contributed by atoms with Crippen LogP contribution in [0.2, 0.25) is 0 Å². The summed E-state index contributed by atoms with van der Waals surface area (Å²) < 4.78 is 0. The lowest BCUT2D eigenvalue weighted by molar-refractivity contribution is 0.112. The Hall–Kier alpha value is -1.63. The summed E-state index contributed by atoms with van der Waals surface area (Å²) in [6.45, 7) is 4.14. The molecular formula is C13H12O. The molecule has 0 saturated carbocycles. The molecule has 0 spiro atoms. The van der Waals surface area contributed by atoms with Gasteiger partial charge in [-0.25, -0.2) is 0 Å². The molecule has 70 valence electrons. The minimum atomic E-state index is 0.777. The summed E-state index contributed by atoms with van der Waals surface area (Å²) in [6.07, 6.45) is 0.914. The van der Waals surface area contributed by atoms with Gasteiger partial charge in [-0.15, -0.1) is 0 Å². The molecule has 0 unspecified atom stereocenters. The van der Waals surface area contributed by atoms with Crippen LogP contribution in [-0.2, 0) is 0 Å². The van der Waals surface area contributed by atoms with Crippen molar-refractivity contribution in [1.29, 1.82) is 0 Å². The quantitative estimate of drug-likeness (QED) is 0.622. The van der Waals surface area contributed by atoms with Crippen molar-refractivity contribution in [2.75, 3.05) is 0 Å². The zero-order valence-electron chi connectivity index (χ0n) is 8.37. The third-order valence-electron chi connectivity index (χ3n) is 2.54. The molecule has 0 heterocycles. The molecule has 0 aromatic heterocycles. The maximum Gasteiger partial charge on any atom is 0.150 e. The molecule has 1 nitrogen and oxygen atoms in total. The van der Waals surface area contributed by atoms with Gasteiger partial charge in [0.1, 0.15) is 0 Å². The maximum absolute atomic E-state index is 10.8. The highest BCUT2D eigenvalue weighted by Gasteiger charge is 2.09. The third kappa shape index (κ3) is 1.31. The molecule has 0 N–H and O–H groups in total. The molecule has 0 radical (unpaired) electrons. The molecule has 1 heteroatoms. The van der Waals surface area contributed by atoms with Crippen molar-refractivity contribution >= 4 is 6.29 Å². The molecule has 0 aliphatic heterocycles. The Balaban J connectivity index is 2.78. The Bertz CT molecular complexity index is 457. The monoisotopic (exact) mass is 184 g/mol. The number of carbonyl (C=O) groups excluding carboxylic acids is 1. The molecule has 0 bridgehead atoms. The average molecular weight is 184 g/mol. The largest absolute Gasteiger partial charge is 0.298 e. The van der Waals surface area contributed by atoms with Crippen LogP contribution >= 0.6 is 0 Å². The van der Waals surface area contributed by atoms with Gasteiger partial charge in [0.25, 0.3) is 0 Å². The van der Waals surface area contributed by atoms with Gasteiger partial charge in [0, 0.05) is 5.56 Å². The molecule has 0 saturated heterocycles. The van der Waals surface area contributed by atoms with E-state index in [0.29, 0.717) is 0 Å². The molecule has 2 rings (SSSR count). The van der Waals surface area contributed by atoms with E-state index in [-0.39, 0.29) is 0 Å². The van der Waals surface area contributed by atoms with Gasteiger partial charge in [-0.1, -0.05) is 35.9 Å². The first kappa shape index (κ1) is 8.95. The SMILES string of the molecule is Cc1ccc2c(C=O)ccc-2c(C)c1. The van der Waals surface area contributed by atoms with Crippen molar-refractivity contribution in [3.63, 3.8) is 0 Å². The number of rotatable bonds is 1. The summed E-state index contributed by atoms with van der Waals surface area (Å²) >= 11 is 0. The van der Waals surface area contributed by atoms with E-state index < -0.39 is 0 Å². The summed E-state index contributed by atoms with van der Waals surface area (Å²) in [6, 6.07) is 10.1. The van der Waals surface area contributed by atoms with Gasteiger partial charge in [-0.3, -0.25) is 4.79 Å². The summed E-state index contributed by atoms with van der Waals surface area (Å²) in [5.41, 5.74) is 5.43. The Labute approximate surface area is 83.7 Å². The Kier molecular flexibility index (Phi) is 2.08. The van der Waals surface area contributed by atoms with Crippen LogP contribution in [0.15, 0.2) is 30.3 Å². The predicted molar refractivity (Wildman–Crippen MR) is 57.9 cm³/mol. The van der Waals surface area contributed by atoms with Crippen molar-refractivity contribution in [3.05, 3.63) is 47.0 Å². The first-order valence-electron chi connectivity index (χ1n) is 4.67. The first-order chi connectivity index (χ1) is 6.72. The molecule has 2 aliphatic rings. The van der Waals surface area contributed by atoms with E-state index in [2.05, 4.69) is 19.9 Å². The number of fused-ring (bicyclic) bond motifs is 1. The zero-order chi connectivity index (χ0) is 10.1. The van der Waals surface area contributed by atoms with Gasteiger partial charge in [0.2, 0.25) is 0 Å². The average Bonchev–Trinajstić information content (AvgIpc) is 2.51. The molecule has 0 fully saturated rings. The van der Waals surface area contributed by atoms with Crippen LogP contribution in [0.4, 0.5) is 0 Å². The number of aryl methyl sites for hydroxylation is 2. The van der Waals surface area contributed by atoms with Crippen LogP contribution in [0.25, 0.3) is 11.1 Å². The van der Waals surface area contributed by atoms with Crippen molar-refractivity contribution in [2.24, 2.45) is 0 Å². The lowest BCUT2D eigenvalue weighted by atomic mass is 10.1. The Morgan fingerprint density at radius 1 is 1.00 bits per heavy atom. The first-order valence-corrected chi connectivity index (χ1v) is 4.67. The van der Waals surface area contributed by atoms with Crippen LogP contribution in [0.5, 0.6) is 0 Å². The highest BCUT2D eigenvalue weighted by molar-refractivity contribution is 5.90. The minimum absolute atomic E-state index is 0.777. The molecule has 0 aromatic carbocycles. The summed E-state index contributed by atoms with van der Waals surface area (Å²) in [4.78, 5) is 10.8. The number of hydrogen-bond donors (Lipinski definition) is 0. The lowest BCUT2D eigenvalue weighted by Crippen LogP contribution is -1.78. The second-order valence-corrected chi connectivity index (χ2v) is 3.64. The molecule has 0 atom stereocenters. The van der Waals surface area contributed by atoms with E-state index >= 15 is 0 Å². The van der Waals surface area contributed by atoms with Crippen LogP contribution in [0.1, 0.15) is 21.5 Å². The fraction of sp³-hybridized carbons (Fsp3) is 0.154. The minimum Gasteiger partial charge on any atom is -0.298 e. The Morgan fingerprint density at radius 3 is 2.43 bits per heavy atom. The van der Waals surface area contributed by atoms with Crippen molar-refractivity contribution in [3.8, 4) is 11.1 Å². The van der Waals surface area contributed by atoms with Gasteiger partial charge >= 0.3 is 0 Å². The van der Waals surface area contributed by atoms with Crippen LogP contribution in [0.3, 0.4) is 0 Å². The van der Waals surface area contributed by atoms with Crippen molar-refractivity contribution in [2.45, 2.75) is 13.8 Å². The van der Waals surface area contributed by atoms with Crippen LogP contribution in [0, 0.1) is 13.8 Å². The van der Waals surface area contributed by atoms with Crippen LogP contribution < -0.4 is 0 Å². The fourth-order valence-corrected chi connectivity index (χ4v) is 1.82. The highest BCUT2D eigenvalue weighted by atomic mass is 16.1. The molecular weight excluding hydrogens is 172 g/mol. The van der Waals surface area contributed by atoms with E-state index in [1.165, 1.54) is 16.7 Å². The number of aldehydes is 1. The fourth-order valence-electron chi connectivity index (χ4n) is 1.82. The lowest BCUT2D eigenvalue weighted by Gasteiger charge is -1.96. The number of carbonyl (C=O) groups is 1. The molecule has 0 aromatic rings. The smallest absolute Gasteiger partial charge is 0.150 e. The van der Waals surface area contributed by atoms with E-state index in [1.807, 2.05) is 24.3 Å².